The summed E-state index contributed by atoms with van der Waals surface area (Å²) >= 11 is 0. The zero-order valence-electron chi connectivity index (χ0n) is 22.3. The molecule has 0 bridgehead atoms. The second kappa shape index (κ2) is 9.94. The van der Waals surface area contributed by atoms with E-state index in [0.29, 0.717) is 33.6 Å². The molecule has 0 aliphatic heterocycles. The molecule has 204 valence electrons. The van der Waals surface area contributed by atoms with Gasteiger partial charge in [0.05, 0.1) is 0 Å². The van der Waals surface area contributed by atoms with Crippen molar-refractivity contribution in [2.24, 2.45) is 7.05 Å². The third-order valence-electron chi connectivity index (χ3n) is 7.27. The molecule has 39 heavy (non-hydrogen) atoms. The fourth-order valence-corrected chi connectivity index (χ4v) is 5.27. The van der Waals surface area contributed by atoms with E-state index in [-0.39, 0.29) is 54.3 Å². The van der Waals surface area contributed by atoms with E-state index in [4.69, 9.17) is 4.74 Å². The van der Waals surface area contributed by atoms with E-state index in [9.17, 15) is 22.8 Å². The zero-order valence-corrected chi connectivity index (χ0v) is 22.3. The van der Waals surface area contributed by atoms with Crippen LogP contribution in [0.2, 0.25) is 0 Å². The van der Waals surface area contributed by atoms with Gasteiger partial charge in [-0.2, -0.15) is 0 Å². The number of ether oxygens (including phenoxy) is 1. The normalized spacial score (nSPS) is 15.5. The summed E-state index contributed by atoms with van der Waals surface area (Å²) in [5.41, 5.74) is 3.88. The summed E-state index contributed by atoms with van der Waals surface area (Å²) < 4.78 is 48.5. The Morgan fingerprint density at radius 3 is 2.38 bits per heavy atom. The predicted octanol–water partition coefficient (Wildman–Crippen LogP) is 6.70. The van der Waals surface area contributed by atoms with Crippen molar-refractivity contribution in [3.63, 3.8) is 0 Å². The van der Waals surface area contributed by atoms with Gasteiger partial charge in [0.2, 0.25) is 5.92 Å². The van der Waals surface area contributed by atoms with Crippen molar-refractivity contribution in [1.82, 2.24) is 14.9 Å². The van der Waals surface area contributed by atoms with Gasteiger partial charge in [-0.25, -0.2) is 13.2 Å². The lowest BCUT2D eigenvalue weighted by molar-refractivity contribution is -0.0399. The topological polar surface area (TPSA) is 76.1 Å². The Hall–Kier alpha value is -4.01. The minimum atomic E-state index is -2.69. The second-order valence-corrected chi connectivity index (χ2v) is 10.5. The predicted molar refractivity (Wildman–Crippen MR) is 144 cm³/mol. The van der Waals surface area contributed by atoms with Gasteiger partial charge in [0.25, 0.3) is 11.5 Å². The SMILES string of the molecule is Cc1cc(Oc2c(C)cc(F)cc2C)cc(-c2cn(C)c(=O)c3[nH]c(C(=O)NC4CCC(F)(F)CC4)cc23)c1. The number of carbonyl (C=O) groups excluding carboxylic acids is 1. The molecule has 9 heteroatoms. The quantitative estimate of drug-likeness (QED) is 0.298. The van der Waals surface area contributed by atoms with Crippen LogP contribution in [-0.4, -0.2) is 27.4 Å². The largest absolute Gasteiger partial charge is 0.457 e. The first-order valence-corrected chi connectivity index (χ1v) is 12.9. The molecule has 0 radical (unpaired) electrons. The number of fused-ring (bicyclic) bond motifs is 1. The minimum Gasteiger partial charge on any atom is -0.457 e. The third kappa shape index (κ3) is 5.44. The molecular formula is C30H30F3N3O3. The van der Waals surface area contributed by atoms with Gasteiger partial charge in [-0.3, -0.25) is 9.59 Å². The van der Waals surface area contributed by atoms with Crippen molar-refractivity contribution < 1.29 is 22.7 Å². The number of carbonyl (C=O) groups is 1. The van der Waals surface area contributed by atoms with Gasteiger partial charge in [0, 0.05) is 43.1 Å². The number of rotatable bonds is 5. The van der Waals surface area contributed by atoms with Crippen LogP contribution in [0, 0.1) is 26.6 Å². The molecular weight excluding hydrogens is 507 g/mol. The van der Waals surface area contributed by atoms with Gasteiger partial charge in [-0.1, -0.05) is 6.07 Å². The van der Waals surface area contributed by atoms with Gasteiger partial charge in [-0.15, -0.1) is 0 Å². The Kier molecular flexibility index (Phi) is 6.78. The van der Waals surface area contributed by atoms with Crippen LogP contribution in [0.1, 0.15) is 52.9 Å². The van der Waals surface area contributed by atoms with E-state index in [0.717, 1.165) is 11.1 Å². The second-order valence-electron chi connectivity index (χ2n) is 10.5. The number of halogens is 3. The Morgan fingerprint density at radius 2 is 1.72 bits per heavy atom. The highest BCUT2D eigenvalue weighted by Gasteiger charge is 2.35. The summed E-state index contributed by atoms with van der Waals surface area (Å²) in [6, 6.07) is 9.77. The van der Waals surface area contributed by atoms with Gasteiger partial charge in [0.15, 0.2) is 0 Å². The first-order chi connectivity index (χ1) is 18.4. The molecule has 2 N–H and O–H groups in total. The summed E-state index contributed by atoms with van der Waals surface area (Å²) in [4.78, 5) is 28.9. The molecule has 0 unspecified atom stereocenters. The molecule has 4 aromatic rings. The van der Waals surface area contributed by atoms with Gasteiger partial charge < -0.3 is 19.6 Å². The third-order valence-corrected chi connectivity index (χ3v) is 7.27. The van der Waals surface area contributed by atoms with E-state index in [1.807, 2.05) is 25.1 Å². The standard InChI is InChI=1S/C30H30F3N3O3/c1-16-9-19(13-22(10-16)39-27-17(2)11-20(31)12-18(27)3)24-15-36(4)29(38)26-23(24)14-25(35-26)28(37)34-21-5-7-30(32,33)8-6-21/h9-15,21,35H,5-8H2,1-4H3,(H,34,37). The van der Waals surface area contributed by atoms with Gasteiger partial charge in [0.1, 0.15) is 28.5 Å². The van der Waals surface area contributed by atoms with Gasteiger partial charge >= 0.3 is 0 Å². The number of aromatic nitrogens is 2. The highest BCUT2D eigenvalue weighted by Crippen LogP contribution is 2.36. The van der Waals surface area contributed by atoms with Gasteiger partial charge in [-0.05, 0) is 86.2 Å². The smallest absolute Gasteiger partial charge is 0.274 e. The lowest BCUT2D eigenvalue weighted by atomic mass is 9.92. The van der Waals surface area contributed by atoms with Crippen molar-refractivity contribution >= 4 is 16.8 Å². The number of H-pyrrole nitrogens is 1. The van der Waals surface area contributed by atoms with Crippen LogP contribution in [0.25, 0.3) is 22.0 Å². The Balaban J connectivity index is 1.51. The molecule has 1 fully saturated rings. The van der Waals surface area contributed by atoms with Crippen molar-refractivity contribution in [3.05, 3.63) is 81.2 Å². The summed E-state index contributed by atoms with van der Waals surface area (Å²) in [6.07, 6.45) is 1.58. The van der Waals surface area contributed by atoms with Crippen molar-refractivity contribution in [2.45, 2.75) is 58.4 Å². The number of nitrogens with zero attached hydrogens (tertiary/aromatic N) is 1. The Bertz CT molecular complexity index is 1620. The van der Waals surface area contributed by atoms with Crippen LogP contribution in [-0.2, 0) is 7.05 Å². The number of hydrogen-bond acceptors (Lipinski definition) is 3. The number of benzene rings is 2. The number of aromatic amines is 1. The van der Waals surface area contributed by atoms with Crippen molar-refractivity contribution in [3.8, 4) is 22.6 Å². The molecule has 1 saturated carbocycles. The summed E-state index contributed by atoms with van der Waals surface area (Å²) in [5, 5.41) is 3.39. The molecule has 1 amide bonds. The van der Waals surface area contributed by atoms with Crippen LogP contribution in [0.15, 0.2) is 47.4 Å². The van der Waals surface area contributed by atoms with E-state index in [2.05, 4.69) is 10.3 Å². The molecule has 0 saturated heterocycles. The molecule has 0 atom stereocenters. The van der Waals surface area contributed by atoms with Crippen LogP contribution in [0.5, 0.6) is 11.5 Å². The molecule has 2 aromatic carbocycles. The Labute approximate surface area is 223 Å². The molecule has 5 rings (SSSR count). The summed E-state index contributed by atoms with van der Waals surface area (Å²) in [7, 11) is 1.63. The Morgan fingerprint density at radius 1 is 1.05 bits per heavy atom. The highest BCUT2D eigenvalue weighted by molar-refractivity contribution is 6.02. The minimum absolute atomic E-state index is 0.188. The van der Waals surface area contributed by atoms with E-state index >= 15 is 0 Å². The van der Waals surface area contributed by atoms with Crippen LogP contribution in [0.3, 0.4) is 0 Å². The van der Waals surface area contributed by atoms with Crippen LogP contribution in [0.4, 0.5) is 13.2 Å². The molecule has 6 nitrogen and oxygen atoms in total. The first kappa shape index (κ1) is 26.6. The maximum absolute atomic E-state index is 13.8. The fraction of sp³-hybridized carbons (Fsp3) is 0.333. The van der Waals surface area contributed by atoms with E-state index in [1.165, 1.54) is 16.7 Å². The van der Waals surface area contributed by atoms with E-state index < -0.39 is 11.8 Å². The molecule has 1 aliphatic rings. The molecule has 1 aliphatic carbocycles. The lowest BCUT2D eigenvalue weighted by Gasteiger charge is -2.28. The molecule has 2 heterocycles. The van der Waals surface area contributed by atoms with Crippen molar-refractivity contribution in [1.29, 1.82) is 0 Å². The maximum atomic E-state index is 13.8. The summed E-state index contributed by atoms with van der Waals surface area (Å²) in [5.74, 6) is -2.34. The monoisotopic (exact) mass is 537 g/mol. The number of alkyl halides is 2. The zero-order chi connectivity index (χ0) is 28.1. The number of aryl methyl sites for hydroxylation is 4. The average Bonchev–Trinajstić information content (AvgIpc) is 3.31. The molecule has 2 aromatic heterocycles. The average molecular weight is 538 g/mol. The van der Waals surface area contributed by atoms with Crippen LogP contribution >= 0.6 is 0 Å². The van der Waals surface area contributed by atoms with Crippen LogP contribution < -0.4 is 15.6 Å². The fourth-order valence-electron chi connectivity index (χ4n) is 5.27. The highest BCUT2D eigenvalue weighted by atomic mass is 19.3. The van der Waals surface area contributed by atoms with E-state index in [1.54, 1.807) is 33.2 Å². The molecule has 0 spiro atoms. The number of amides is 1. The number of nitrogens with one attached hydrogen (secondary N) is 2. The summed E-state index contributed by atoms with van der Waals surface area (Å²) in [6.45, 7) is 5.48. The van der Waals surface area contributed by atoms with Crippen molar-refractivity contribution in [2.75, 3.05) is 0 Å². The lowest BCUT2D eigenvalue weighted by Crippen LogP contribution is -2.40. The maximum Gasteiger partial charge on any atom is 0.274 e. The number of hydrogen-bond donors (Lipinski definition) is 2. The first-order valence-electron chi connectivity index (χ1n) is 12.9. The number of pyridine rings is 1.